The molecule has 0 aliphatic carbocycles. The Morgan fingerprint density at radius 2 is 2.14 bits per heavy atom. The molecule has 7 nitrogen and oxygen atoms in total. The number of amides is 1. The van der Waals surface area contributed by atoms with Gasteiger partial charge in [0.15, 0.2) is 0 Å². The van der Waals surface area contributed by atoms with Gasteiger partial charge in [0, 0.05) is 12.3 Å². The maximum Gasteiger partial charge on any atom is 0.321 e. The molecular formula is C13H14N4O3S. The fourth-order valence-electron chi connectivity index (χ4n) is 1.41. The number of carbonyl (C=O) groups is 1. The molecule has 0 fully saturated rings. The number of hydrogen-bond acceptors (Lipinski definition) is 7. The minimum absolute atomic E-state index is 0.127. The van der Waals surface area contributed by atoms with Crippen molar-refractivity contribution in [3.63, 3.8) is 0 Å². The van der Waals surface area contributed by atoms with Crippen LogP contribution in [0, 0.1) is 0 Å². The van der Waals surface area contributed by atoms with Crippen molar-refractivity contribution in [2.45, 2.75) is 5.03 Å². The van der Waals surface area contributed by atoms with Crippen LogP contribution in [0.4, 0.5) is 5.82 Å². The third-order valence-corrected chi connectivity index (χ3v) is 3.27. The Balaban J connectivity index is 1.96. The largest absolute Gasteiger partial charge is 0.481 e. The first-order valence-electron chi connectivity index (χ1n) is 6.02. The number of hydrogen-bond donors (Lipinski definition) is 1. The van der Waals surface area contributed by atoms with E-state index in [-0.39, 0.29) is 17.7 Å². The Labute approximate surface area is 126 Å². The molecule has 0 atom stereocenters. The van der Waals surface area contributed by atoms with E-state index in [0.29, 0.717) is 11.7 Å². The van der Waals surface area contributed by atoms with Crippen molar-refractivity contribution in [2.75, 3.05) is 25.3 Å². The highest BCUT2D eigenvalue weighted by molar-refractivity contribution is 7.99. The molecule has 0 saturated heterocycles. The second kappa shape index (κ2) is 7.44. The van der Waals surface area contributed by atoms with Crippen LogP contribution in [-0.2, 0) is 4.79 Å². The molecule has 8 heteroatoms. The normalized spacial score (nSPS) is 10.0. The zero-order chi connectivity index (χ0) is 15.1. The van der Waals surface area contributed by atoms with Crippen molar-refractivity contribution in [3.05, 3.63) is 30.5 Å². The van der Waals surface area contributed by atoms with E-state index in [9.17, 15) is 4.79 Å². The molecule has 0 aliphatic rings. The quantitative estimate of drug-likeness (QED) is 0.811. The fraction of sp³-hybridized carbons (Fsp3) is 0.231. The summed E-state index contributed by atoms with van der Waals surface area (Å²) in [4.78, 5) is 24.0. The predicted molar refractivity (Wildman–Crippen MR) is 78.7 cm³/mol. The SMILES string of the molecule is COc1cc(NC(=O)CSc2ccccn2)nc(OC)n1. The Hall–Kier alpha value is -2.35. The molecule has 1 amide bonds. The van der Waals surface area contributed by atoms with E-state index in [2.05, 4.69) is 20.3 Å². The Morgan fingerprint density at radius 1 is 1.29 bits per heavy atom. The maximum atomic E-state index is 11.9. The number of pyridine rings is 1. The third kappa shape index (κ3) is 4.60. The van der Waals surface area contributed by atoms with E-state index in [1.165, 1.54) is 32.0 Å². The van der Waals surface area contributed by atoms with E-state index >= 15 is 0 Å². The molecule has 0 spiro atoms. The fourth-order valence-corrected chi connectivity index (χ4v) is 2.08. The molecule has 1 N–H and O–H groups in total. The van der Waals surface area contributed by atoms with Gasteiger partial charge in [-0.1, -0.05) is 17.8 Å². The molecule has 2 heterocycles. The van der Waals surface area contributed by atoms with Crippen molar-refractivity contribution in [3.8, 4) is 11.9 Å². The van der Waals surface area contributed by atoms with E-state index in [1.807, 2.05) is 18.2 Å². The number of rotatable bonds is 6. The number of ether oxygens (including phenoxy) is 2. The molecule has 0 aliphatic heterocycles. The van der Waals surface area contributed by atoms with Gasteiger partial charge in [-0.25, -0.2) is 4.98 Å². The number of carbonyl (C=O) groups excluding carboxylic acids is 1. The zero-order valence-corrected chi connectivity index (χ0v) is 12.4. The minimum atomic E-state index is -0.201. The van der Waals surface area contributed by atoms with Gasteiger partial charge in [-0.15, -0.1) is 0 Å². The summed E-state index contributed by atoms with van der Waals surface area (Å²) in [6.07, 6.45) is 1.68. The van der Waals surface area contributed by atoms with Crippen LogP contribution < -0.4 is 14.8 Å². The van der Waals surface area contributed by atoms with Crippen LogP contribution in [0.1, 0.15) is 0 Å². The van der Waals surface area contributed by atoms with Gasteiger partial charge in [0.05, 0.1) is 25.0 Å². The van der Waals surface area contributed by atoms with Crippen LogP contribution in [0.25, 0.3) is 0 Å². The first-order chi connectivity index (χ1) is 10.2. The first-order valence-corrected chi connectivity index (χ1v) is 7.00. The highest BCUT2D eigenvalue weighted by Gasteiger charge is 2.09. The lowest BCUT2D eigenvalue weighted by molar-refractivity contribution is -0.113. The van der Waals surface area contributed by atoms with Gasteiger partial charge in [0.2, 0.25) is 11.8 Å². The van der Waals surface area contributed by atoms with Crippen LogP contribution in [0.5, 0.6) is 11.9 Å². The smallest absolute Gasteiger partial charge is 0.321 e. The van der Waals surface area contributed by atoms with Gasteiger partial charge in [0.25, 0.3) is 0 Å². The summed E-state index contributed by atoms with van der Waals surface area (Å²) < 4.78 is 9.95. The summed E-state index contributed by atoms with van der Waals surface area (Å²) in [7, 11) is 2.92. The first kappa shape index (κ1) is 15.0. The van der Waals surface area contributed by atoms with Gasteiger partial charge >= 0.3 is 6.01 Å². The van der Waals surface area contributed by atoms with Gasteiger partial charge in [-0.2, -0.15) is 9.97 Å². The number of nitrogens with zero attached hydrogens (tertiary/aromatic N) is 3. The molecule has 0 aromatic carbocycles. The van der Waals surface area contributed by atoms with Crippen LogP contribution in [-0.4, -0.2) is 40.8 Å². The standard InChI is InChI=1S/C13H14N4O3S/c1-19-11-7-9(16-13(17-11)20-2)15-10(18)8-21-12-5-3-4-6-14-12/h3-7H,8H2,1-2H3,(H,15,16,17,18). The molecule has 110 valence electrons. The van der Waals surface area contributed by atoms with Gasteiger partial charge in [-0.05, 0) is 12.1 Å². The lowest BCUT2D eigenvalue weighted by atomic mass is 10.5. The van der Waals surface area contributed by atoms with E-state index in [1.54, 1.807) is 6.20 Å². The van der Waals surface area contributed by atoms with Crippen LogP contribution in [0.15, 0.2) is 35.5 Å². The van der Waals surface area contributed by atoms with Crippen molar-refractivity contribution in [2.24, 2.45) is 0 Å². The molecule has 0 bridgehead atoms. The molecule has 2 aromatic rings. The van der Waals surface area contributed by atoms with Crippen LogP contribution >= 0.6 is 11.8 Å². The summed E-state index contributed by atoms with van der Waals surface area (Å²) in [5.41, 5.74) is 0. The second-order valence-electron chi connectivity index (χ2n) is 3.79. The van der Waals surface area contributed by atoms with Gasteiger partial charge in [0.1, 0.15) is 5.82 Å². The van der Waals surface area contributed by atoms with Crippen molar-refractivity contribution >= 4 is 23.5 Å². The average molecular weight is 306 g/mol. The summed E-state index contributed by atoms with van der Waals surface area (Å²) in [5, 5.41) is 3.45. The highest BCUT2D eigenvalue weighted by atomic mass is 32.2. The number of anilines is 1. The molecule has 2 aromatic heterocycles. The van der Waals surface area contributed by atoms with Crippen molar-refractivity contribution in [1.29, 1.82) is 0 Å². The Morgan fingerprint density at radius 3 is 2.81 bits per heavy atom. The number of thioether (sulfide) groups is 1. The third-order valence-electron chi connectivity index (χ3n) is 2.33. The topological polar surface area (TPSA) is 86.2 Å². The molecule has 21 heavy (non-hydrogen) atoms. The van der Waals surface area contributed by atoms with E-state index in [0.717, 1.165) is 5.03 Å². The Bertz CT molecular complexity index is 587. The summed E-state index contributed by atoms with van der Waals surface area (Å²) in [5.74, 6) is 0.666. The minimum Gasteiger partial charge on any atom is -0.481 e. The van der Waals surface area contributed by atoms with E-state index < -0.39 is 0 Å². The second-order valence-corrected chi connectivity index (χ2v) is 4.78. The van der Waals surface area contributed by atoms with E-state index in [4.69, 9.17) is 9.47 Å². The molecule has 0 saturated carbocycles. The summed E-state index contributed by atoms with van der Waals surface area (Å²) in [6.45, 7) is 0. The predicted octanol–water partition coefficient (Wildman–Crippen LogP) is 1.62. The maximum absolute atomic E-state index is 11.9. The molecule has 2 rings (SSSR count). The Kier molecular flexibility index (Phi) is 5.33. The summed E-state index contributed by atoms with van der Waals surface area (Å²) >= 11 is 1.34. The lowest BCUT2D eigenvalue weighted by Gasteiger charge is -2.07. The van der Waals surface area contributed by atoms with Crippen LogP contribution in [0.2, 0.25) is 0 Å². The molecule has 0 radical (unpaired) electrons. The molecule has 0 unspecified atom stereocenters. The number of methoxy groups -OCH3 is 2. The van der Waals surface area contributed by atoms with Crippen molar-refractivity contribution < 1.29 is 14.3 Å². The van der Waals surface area contributed by atoms with Gasteiger partial charge in [-0.3, -0.25) is 4.79 Å². The molecular weight excluding hydrogens is 292 g/mol. The van der Waals surface area contributed by atoms with Gasteiger partial charge < -0.3 is 14.8 Å². The van der Waals surface area contributed by atoms with Crippen LogP contribution in [0.3, 0.4) is 0 Å². The lowest BCUT2D eigenvalue weighted by Crippen LogP contribution is -2.15. The zero-order valence-electron chi connectivity index (χ0n) is 11.6. The summed E-state index contributed by atoms with van der Waals surface area (Å²) in [6, 6.07) is 7.18. The monoisotopic (exact) mass is 306 g/mol. The number of nitrogens with one attached hydrogen (secondary N) is 1. The average Bonchev–Trinajstić information content (AvgIpc) is 2.53. The number of aromatic nitrogens is 3. The van der Waals surface area contributed by atoms with Crippen molar-refractivity contribution in [1.82, 2.24) is 15.0 Å². The highest BCUT2D eigenvalue weighted by Crippen LogP contribution is 2.18.